The summed E-state index contributed by atoms with van der Waals surface area (Å²) in [4.78, 5) is 42.0. The number of hydrogen-bond acceptors (Lipinski definition) is 6. The molecule has 0 fully saturated rings. The summed E-state index contributed by atoms with van der Waals surface area (Å²) in [6, 6.07) is 9.32. The van der Waals surface area contributed by atoms with Crippen LogP contribution >= 0.6 is 0 Å². The van der Waals surface area contributed by atoms with Gasteiger partial charge in [0.1, 0.15) is 24.8 Å². The number of carbonyl (C=O) groups excluding carboxylic acids is 3. The van der Waals surface area contributed by atoms with E-state index in [0.717, 1.165) is 0 Å². The van der Waals surface area contributed by atoms with E-state index in [1.54, 1.807) is 37.3 Å². The Morgan fingerprint density at radius 3 is 2.45 bits per heavy atom. The molecule has 0 saturated carbocycles. The molecular formula is C27H35FN4O6. The molecule has 1 heterocycles. The van der Waals surface area contributed by atoms with Gasteiger partial charge in [-0.3, -0.25) is 9.59 Å². The van der Waals surface area contributed by atoms with Crippen LogP contribution in [0.3, 0.4) is 0 Å². The number of rotatable bonds is 5. The molecule has 0 aromatic heterocycles. The van der Waals surface area contributed by atoms with Gasteiger partial charge in [0.15, 0.2) is 0 Å². The number of nitrogens with zero attached hydrogens (tertiary/aromatic N) is 2. The van der Waals surface area contributed by atoms with Gasteiger partial charge in [-0.2, -0.15) is 0 Å². The van der Waals surface area contributed by atoms with Crippen LogP contribution in [-0.2, 0) is 14.3 Å². The van der Waals surface area contributed by atoms with Gasteiger partial charge in [-0.25, -0.2) is 9.18 Å². The molecule has 0 saturated heterocycles. The number of amides is 4. The first-order valence-electron chi connectivity index (χ1n) is 12.3. The van der Waals surface area contributed by atoms with E-state index in [4.69, 9.17) is 14.2 Å². The minimum Gasteiger partial charge on any atom is -0.491 e. The largest absolute Gasteiger partial charge is 0.491 e. The SMILES string of the molecule is COCC(=O)N1C[C@H](C)[C@H](OC)CN(C)C(=O)c2cc(NC(=O)Nc3cccc(F)c3)ccc2OC[C@H]1C. The molecule has 10 nitrogen and oxygen atoms in total. The van der Waals surface area contributed by atoms with Crippen LogP contribution < -0.4 is 15.4 Å². The highest BCUT2D eigenvalue weighted by atomic mass is 19.1. The summed E-state index contributed by atoms with van der Waals surface area (Å²) in [5, 5.41) is 5.22. The van der Waals surface area contributed by atoms with Crippen molar-refractivity contribution in [2.75, 3.05) is 58.2 Å². The minimum atomic E-state index is -0.598. The molecular weight excluding hydrogens is 495 g/mol. The lowest BCUT2D eigenvalue weighted by atomic mass is 10.0. The van der Waals surface area contributed by atoms with Crippen LogP contribution in [0.5, 0.6) is 5.75 Å². The lowest BCUT2D eigenvalue weighted by Crippen LogP contribution is -2.49. The summed E-state index contributed by atoms with van der Waals surface area (Å²) in [6.45, 7) is 4.59. The van der Waals surface area contributed by atoms with E-state index in [1.807, 2.05) is 13.8 Å². The van der Waals surface area contributed by atoms with E-state index >= 15 is 0 Å². The topological polar surface area (TPSA) is 109 Å². The maximum absolute atomic E-state index is 13.5. The second kappa shape index (κ2) is 13.2. The molecule has 2 aromatic rings. The van der Waals surface area contributed by atoms with Crippen LogP contribution in [0, 0.1) is 11.7 Å². The van der Waals surface area contributed by atoms with E-state index in [1.165, 1.54) is 36.3 Å². The molecule has 2 N–H and O–H groups in total. The van der Waals surface area contributed by atoms with Gasteiger partial charge in [0, 0.05) is 51.6 Å². The molecule has 0 radical (unpaired) electrons. The molecule has 3 atom stereocenters. The van der Waals surface area contributed by atoms with Gasteiger partial charge >= 0.3 is 6.03 Å². The molecule has 4 amide bonds. The Labute approximate surface area is 222 Å². The van der Waals surface area contributed by atoms with Crippen molar-refractivity contribution in [1.29, 1.82) is 0 Å². The van der Waals surface area contributed by atoms with E-state index in [9.17, 15) is 18.8 Å². The van der Waals surface area contributed by atoms with Crippen molar-refractivity contribution in [3.63, 3.8) is 0 Å². The zero-order chi connectivity index (χ0) is 27.8. The number of hydrogen-bond donors (Lipinski definition) is 2. The van der Waals surface area contributed by atoms with Crippen LogP contribution in [0.1, 0.15) is 24.2 Å². The number of benzene rings is 2. The molecule has 1 aliphatic heterocycles. The summed E-state index contributed by atoms with van der Waals surface area (Å²) in [5.41, 5.74) is 0.868. The van der Waals surface area contributed by atoms with Crippen LogP contribution in [0.25, 0.3) is 0 Å². The number of methoxy groups -OCH3 is 2. The van der Waals surface area contributed by atoms with E-state index < -0.39 is 11.8 Å². The number of carbonyl (C=O) groups is 3. The normalized spacial score (nSPS) is 20.5. The van der Waals surface area contributed by atoms with E-state index in [2.05, 4.69) is 10.6 Å². The Hall–Kier alpha value is -3.70. The van der Waals surface area contributed by atoms with Crippen molar-refractivity contribution >= 4 is 29.2 Å². The lowest BCUT2D eigenvalue weighted by Gasteiger charge is -2.36. The molecule has 0 spiro atoms. The number of fused-ring (bicyclic) bond motifs is 1. The van der Waals surface area contributed by atoms with Gasteiger partial charge in [-0.05, 0) is 43.3 Å². The highest BCUT2D eigenvalue weighted by molar-refractivity contribution is 6.02. The Balaban J connectivity index is 1.88. The summed E-state index contributed by atoms with van der Waals surface area (Å²) < 4.78 is 30.2. The monoisotopic (exact) mass is 530 g/mol. The van der Waals surface area contributed by atoms with Gasteiger partial charge < -0.3 is 34.6 Å². The number of urea groups is 1. The number of halogens is 1. The number of likely N-dealkylation sites (N-methyl/N-ethyl adjacent to an activating group) is 1. The average Bonchev–Trinajstić information content (AvgIpc) is 2.88. The zero-order valence-corrected chi connectivity index (χ0v) is 22.3. The fraction of sp³-hybridized carbons (Fsp3) is 0.444. The van der Waals surface area contributed by atoms with Crippen LogP contribution in [-0.4, -0.2) is 87.4 Å². The summed E-state index contributed by atoms with van der Waals surface area (Å²) >= 11 is 0. The Morgan fingerprint density at radius 2 is 1.79 bits per heavy atom. The van der Waals surface area contributed by atoms with Crippen LogP contribution in [0.4, 0.5) is 20.6 Å². The standard InChI is InChI=1S/C27H35FN4O6/c1-17-13-32(25(33)16-36-4)18(2)15-38-23-10-9-21(12-22(23)26(34)31(3)14-24(17)37-5)30-27(35)29-20-8-6-7-19(28)11-20/h6-12,17-18,24H,13-16H2,1-5H3,(H2,29,30,35)/t17-,18+,24+/m0/s1. The Bertz CT molecular complexity index is 1150. The Morgan fingerprint density at radius 1 is 1.08 bits per heavy atom. The van der Waals surface area contributed by atoms with Crippen molar-refractivity contribution in [2.45, 2.75) is 26.0 Å². The first-order valence-corrected chi connectivity index (χ1v) is 12.3. The maximum atomic E-state index is 13.5. The number of ether oxygens (including phenoxy) is 3. The molecule has 206 valence electrons. The molecule has 0 bridgehead atoms. The third-order valence-electron chi connectivity index (χ3n) is 6.37. The third kappa shape index (κ3) is 7.42. The van der Waals surface area contributed by atoms with Crippen LogP contribution in [0.2, 0.25) is 0 Å². The molecule has 2 aromatic carbocycles. The number of nitrogens with one attached hydrogen (secondary N) is 2. The molecule has 1 aliphatic rings. The van der Waals surface area contributed by atoms with Crippen molar-refractivity contribution in [3.05, 3.63) is 53.8 Å². The zero-order valence-electron chi connectivity index (χ0n) is 22.3. The summed E-state index contributed by atoms with van der Waals surface area (Å²) in [5.74, 6) is -0.739. The quantitative estimate of drug-likeness (QED) is 0.613. The van der Waals surface area contributed by atoms with Gasteiger partial charge in [0.2, 0.25) is 5.91 Å². The van der Waals surface area contributed by atoms with Gasteiger partial charge in [-0.15, -0.1) is 0 Å². The summed E-state index contributed by atoms with van der Waals surface area (Å²) in [6.07, 6.45) is -0.337. The van der Waals surface area contributed by atoms with Gasteiger partial charge in [0.25, 0.3) is 5.91 Å². The van der Waals surface area contributed by atoms with Crippen molar-refractivity contribution < 1.29 is 33.0 Å². The highest BCUT2D eigenvalue weighted by Gasteiger charge is 2.30. The molecule has 0 unspecified atom stereocenters. The molecule has 11 heteroatoms. The fourth-order valence-corrected chi connectivity index (χ4v) is 4.27. The van der Waals surface area contributed by atoms with E-state index in [0.29, 0.717) is 18.0 Å². The third-order valence-corrected chi connectivity index (χ3v) is 6.37. The summed E-state index contributed by atoms with van der Waals surface area (Å²) in [7, 11) is 4.70. The fourth-order valence-electron chi connectivity index (χ4n) is 4.27. The first-order chi connectivity index (χ1) is 18.1. The second-order valence-electron chi connectivity index (χ2n) is 9.38. The lowest BCUT2D eigenvalue weighted by molar-refractivity contribution is -0.139. The molecule has 3 rings (SSSR count). The minimum absolute atomic E-state index is 0.0591. The van der Waals surface area contributed by atoms with Crippen LogP contribution in [0.15, 0.2) is 42.5 Å². The predicted octanol–water partition coefficient (Wildman–Crippen LogP) is 3.45. The van der Waals surface area contributed by atoms with Crippen molar-refractivity contribution in [1.82, 2.24) is 9.80 Å². The van der Waals surface area contributed by atoms with Crippen molar-refractivity contribution in [2.24, 2.45) is 5.92 Å². The van der Waals surface area contributed by atoms with Gasteiger partial charge in [0.05, 0.1) is 17.7 Å². The van der Waals surface area contributed by atoms with E-state index in [-0.39, 0.29) is 60.9 Å². The number of anilines is 2. The Kier molecular flexibility index (Phi) is 10.0. The average molecular weight is 531 g/mol. The predicted molar refractivity (Wildman–Crippen MR) is 141 cm³/mol. The van der Waals surface area contributed by atoms with Gasteiger partial charge in [-0.1, -0.05) is 13.0 Å². The first kappa shape index (κ1) is 28.9. The molecule has 0 aliphatic carbocycles. The second-order valence-corrected chi connectivity index (χ2v) is 9.38. The molecule has 38 heavy (non-hydrogen) atoms. The maximum Gasteiger partial charge on any atom is 0.323 e. The smallest absolute Gasteiger partial charge is 0.323 e. The highest BCUT2D eigenvalue weighted by Crippen LogP contribution is 2.27. The van der Waals surface area contributed by atoms with Crippen molar-refractivity contribution in [3.8, 4) is 5.75 Å².